The van der Waals surface area contributed by atoms with E-state index in [1.807, 2.05) is 12.1 Å². The average Bonchev–Trinajstić information content (AvgIpc) is 2.44. The quantitative estimate of drug-likeness (QED) is 0.372. The van der Waals surface area contributed by atoms with Crippen LogP contribution in [0.3, 0.4) is 0 Å². The smallest absolute Gasteiger partial charge is 0.154 e. The Bertz CT molecular complexity index is 503. The monoisotopic (exact) mass is 394 g/mol. The molecule has 0 amide bonds. The van der Waals surface area contributed by atoms with Gasteiger partial charge in [0.1, 0.15) is 0 Å². The summed E-state index contributed by atoms with van der Waals surface area (Å²) in [6, 6.07) is 7.15. The summed E-state index contributed by atoms with van der Waals surface area (Å²) >= 11 is 9.43. The van der Waals surface area contributed by atoms with E-state index < -0.39 is 9.84 Å². The van der Waals surface area contributed by atoms with Crippen LogP contribution in [0.1, 0.15) is 50.5 Å². The molecule has 0 fully saturated rings. The van der Waals surface area contributed by atoms with Gasteiger partial charge in [-0.25, -0.2) is 8.42 Å². The number of rotatable bonds is 11. The van der Waals surface area contributed by atoms with Crippen molar-refractivity contribution in [3.05, 3.63) is 34.9 Å². The molecule has 1 aromatic rings. The number of alkyl halides is 1. The Morgan fingerprint density at radius 1 is 0.905 bits per heavy atom. The number of hydrogen-bond donors (Lipinski definition) is 0. The Hall–Kier alpha value is -0.0600. The molecular formula is C16H24BrClO2S. The van der Waals surface area contributed by atoms with E-state index >= 15 is 0 Å². The number of unbranched alkanes of at least 4 members (excludes halogenated alkanes) is 6. The molecule has 2 nitrogen and oxygen atoms in total. The maximum atomic E-state index is 12.1. The molecule has 1 aromatic carbocycles. The minimum Gasteiger partial charge on any atom is -0.228 e. The lowest BCUT2D eigenvalue weighted by Gasteiger charge is -2.06. The van der Waals surface area contributed by atoms with Crippen LogP contribution in [0.25, 0.3) is 0 Å². The molecule has 0 N–H and O–H groups in total. The van der Waals surface area contributed by atoms with Crippen LogP contribution < -0.4 is 0 Å². The molecule has 5 heteroatoms. The Kier molecular flexibility index (Phi) is 9.61. The van der Waals surface area contributed by atoms with Gasteiger partial charge in [-0.3, -0.25) is 0 Å². The molecule has 1 rings (SSSR count). The van der Waals surface area contributed by atoms with Crippen molar-refractivity contribution in [3.63, 3.8) is 0 Å². The predicted molar refractivity (Wildman–Crippen MR) is 95.1 cm³/mol. The summed E-state index contributed by atoms with van der Waals surface area (Å²) in [4.78, 5) is 0. The number of hydrogen-bond acceptors (Lipinski definition) is 2. The standard InChI is InChI=1S/C16H24BrClO2S/c17-12-8-4-2-1-3-5-9-13-21(19,20)14-15-10-6-7-11-16(15)18/h6-7,10-11H,1-5,8-9,12-14H2. The van der Waals surface area contributed by atoms with E-state index in [4.69, 9.17) is 11.6 Å². The maximum absolute atomic E-state index is 12.1. The first kappa shape index (κ1) is 19.0. The lowest BCUT2D eigenvalue weighted by molar-refractivity contribution is 0.579. The first-order chi connectivity index (χ1) is 10.0. The zero-order valence-electron chi connectivity index (χ0n) is 12.4. The van der Waals surface area contributed by atoms with Crippen LogP contribution in [0, 0.1) is 0 Å². The van der Waals surface area contributed by atoms with Gasteiger partial charge >= 0.3 is 0 Å². The molecule has 21 heavy (non-hydrogen) atoms. The van der Waals surface area contributed by atoms with Crippen LogP contribution in [-0.2, 0) is 15.6 Å². The third-order valence-electron chi connectivity index (χ3n) is 3.42. The second-order valence-electron chi connectivity index (χ2n) is 5.35. The van der Waals surface area contributed by atoms with Gasteiger partial charge in [0.05, 0.1) is 11.5 Å². The summed E-state index contributed by atoms with van der Waals surface area (Å²) < 4.78 is 24.1. The van der Waals surface area contributed by atoms with Crippen molar-refractivity contribution >= 4 is 37.4 Å². The SMILES string of the molecule is O=S(=O)(CCCCCCCCCBr)Cc1ccccc1Cl. The molecular weight excluding hydrogens is 372 g/mol. The van der Waals surface area contributed by atoms with Gasteiger partial charge in [0.25, 0.3) is 0 Å². The van der Waals surface area contributed by atoms with E-state index in [1.54, 1.807) is 12.1 Å². The molecule has 0 heterocycles. The van der Waals surface area contributed by atoms with Crippen molar-refractivity contribution in [2.45, 2.75) is 50.7 Å². The third kappa shape index (κ3) is 8.84. The number of halogens is 2. The van der Waals surface area contributed by atoms with Crippen molar-refractivity contribution in [1.82, 2.24) is 0 Å². The van der Waals surface area contributed by atoms with E-state index in [0.717, 1.165) is 24.6 Å². The molecule has 0 unspecified atom stereocenters. The van der Waals surface area contributed by atoms with Gasteiger partial charge in [0.2, 0.25) is 0 Å². The van der Waals surface area contributed by atoms with E-state index in [0.29, 0.717) is 10.6 Å². The van der Waals surface area contributed by atoms with Crippen LogP contribution in [0.2, 0.25) is 5.02 Å². The van der Waals surface area contributed by atoms with Crippen LogP contribution >= 0.6 is 27.5 Å². The minimum atomic E-state index is -3.05. The molecule has 0 atom stereocenters. The molecule has 0 aliphatic heterocycles. The van der Waals surface area contributed by atoms with Gasteiger partial charge in [0, 0.05) is 10.4 Å². The second-order valence-corrected chi connectivity index (χ2v) is 8.73. The normalized spacial score (nSPS) is 11.7. The highest BCUT2D eigenvalue weighted by Crippen LogP contribution is 2.18. The fourth-order valence-electron chi connectivity index (χ4n) is 2.22. The van der Waals surface area contributed by atoms with Crippen LogP contribution in [0.4, 0.5) is 0 Å². The minimum absolute atomic E-state index is 0.0535. The molecule has 0 saturated heterocycles. The highest BCUT2D eigenvalue weighted by Gasteiger charge is 2.13. The Labute approximate surface area is 142 Å². The van der Waals surface area contributed by atoms with E-state index in [2.05, 4.69) is 15.9 Å². The average molecular weight is 396 g/mol. The molecule has 0 spiro atoms. The van der Waals surface area contributed by atoms with Crippen molar-refractivity contribution in [1.29, 1.82) is 0 Å². The lowest BCUT2D eigenvalue weighted by atomic mass is 10.1. The summed E-state index contributed by atoms with van der Waals surface area (Å²) in [6.45, 7) is 0. The number of sulfone groups is 1. The van der Waals surface area contributed by atoms with Crippen LogP contribution in [0.5, 0.6) is 0 Å². The van der Waals surface area contributed by atoms with E-state index in [1.165, 1.54) is 25.7 Å². The lowest BCUT2D eigenvalue weighted by Crippen LogP contribution is -2.09. The van der Waals surface area contributed by atoms with E-state index in [-0.39, 0.29) is 11.5 Å². The highest BCUT2D eigenvalue weighted by molar-refractivity contribution is 9.09. The molecule has 0 aliphatic carbocycles. The summed E-state index contributed by atoms with van der Waals surface area (Å²) in [5, 5.41) is 1.61. The topological polar surface area (TPSA) is 34.1 Å². The Morgan fingerprint density at radius 3 is 2.10 bits per heavy atom. The molecule has 120 valence electrons. The zero-order valence-corrected chi connectivity index (χ0v) is 15.5. The van der Waals surface area contributed by atoms with Gasteiger partial charge < -0.3 is 0 Å². The predicted octanol–water partition coefficient (Wildman–Crippen LogP) is 5.38. The van der Waals surface area contributed by atoms with Crippen molar-refractivity contribution in [2.24, 2.45) is 0 Å². The zero-order chi connectivity index (χ0) is 15.6. The fourth-order valence-corrected chi connectivity index (χ4v) is 4.42. The molecule has 0 bridgehead atoms. The summed E-state index contributed by atoms with van der Waals surface area (Å²) in [5.41, 5.74) is 0.703. The molecule has 0 radical (unpaired) electrons. The van der Waals surface area contributed by atoms with Crippen LogP contribution in [-0.4, -0.2) is 19.5 Å². The van der Waals surface area contributed by atoms with Gasteiger partial charge in [-0.2, -0.15) is 0 Å². The Morgan fingerprint density at radius 2 is 1.48 bits per heavy atom. The largest absolute Gasteiger partial charge is 0.228 e. The third-order valence-corrected chi connectivity index (χ3v) is 6.01. The van der Waals surface area contributed by atoms with Gasteiger partial charge in [-0.15, -0.1) is 0 Å². The van der Waals surface area contributed by atoms with Crippen LogP contribution in [0.15, 0.2) is 24.3 Å². The van der Waals surface area contributed by atoms with Crippen molar-refractivity contribution in [3.8, 4) is 0 Å². The van der Waals surface area contributed by atoms with Gasteiger partial charge in [-0.05, 0) is 24.5 Å². The fraction of sp³-hybridized carbons (Fsp3) is 0.625. The number of benzene rings is 1. The summed E-state index contributed by atoms with van der Waals surface area (Å²) in [6.07, 6.45) is 7.82. The first-order valence-electron chi connectivity index (χ1n) is 7.55. The molecule has 0 saturated carbocycles. The summed E-state index contributed by atoms with van der Waals surface area (Å²) in [7, 11) is -3.05. The second kappa shape index (κ2) is 10.6. The van der Waals surface area contributed by atoms with Gasteiger partial charge in [-0.1, -0.05) is 77.8 Å². The van der Waals surface area contributed by atoms with Gasteiger partial charge in [0.15, 0.2) is 9.84 Å². The molecule has 0 aromatic heterocycles. The first-order valence-corrected chi connectivity index (χ1v) is 10.9. The Balaban J connectivity index is 2.20. The van der Waals surface area contributed by atoms with Crippen molar-refractivity contribution in [2.75, 3.05) is 11.1 Å². The summed E-state index contributed by atoms with van der Waals surface area (Å²) in [5.74, 6) is 0.317. The highest BCUT2D eigenvalue weighted by atomic mass is 79.9. The maximum Gasteiger partial charge on any atom is 0.154 e. The van der Waals surface area contributed by atoms with E-state index in [9.17, 15) is 8.42 Å². The molecule has 0 aliphatic rings. The van der Waals surface area contributed by atoms with Crippen molar-refractivity contribution < 1.29 is 8.42 Å².